The minimum atomic E-state index is -1.16. The number of carbonyl (C=O) groups is 2. The highest BCUT2D eigenvalue weighted by atomic mass is 32.2. The Morgan fingerprint density at radius 2 is 1.88 bits per heavy atom. The molecule has 0 radical (unpaired) electrons. The summed E-state index contributed by atoms with van der Waals surface area (Å²) in [5.41, 5.74) is 0.383. The van der Waals surface area contributed by atoms with Crippen LogP contribution in [0.4, 0.5) is 5.69 Å². The minimum Gasteiger partial charge on any atom is -0.480 e. The molecule has 8 heteroatoms. The summed E-state index contributed by atoms with van der Waals surface area (Å²) in [5.74, 6) is -2.23. The number of rotatable bonds is 7. The topological polar surface area (TPSA) is 126 Å². The molecule has 7 nitrogen and oxygen atoms in total. The summed E-state index contributed by atoms with van der Waals surface area (Å²) in [7, 11) is 0. The average molecular weight is 344 g/mol. The van der Waals surface area contributed by atoms with Crippen molar-refractivity contribution < 1.29 is 14.7 Å². The first-order valence-corrected chi connectivity index (χ1v) is 7.77. The number of hydrogen-bond acceptors (Lipinski definition) is 6. The summed E-state index contributed by atoms with van der Waals surface area (Å²) in [6, 6.07) is 7.48. The number of anilines is 1. The molecule has 3 N–H and O–H groups in total. The van der Waals surface area contributed by atoms with Crippen molar-refractivity contribution >= 4 is 29.3 Å². The molecule has 0 saturated heterocycles. The molecule has 0 heterocycles. The van der Waals surface area contributed by atoms with Gasteiger partial charge in [0.15, 0.2) is 0 Å². The third kappa shape index (κ3) is 5.67. The van der Waals surface area contributed by atoms with Gasteiger partial charge in [0.1, 0.15) is 23.1 Å². The van der Waals surface area contributed by atoms with Crippen molar-refractivity contribution in [3.63, 3.8) is 0 Å². The van der Waals surface area contributed by atoms with Crippen molar-refractivity contribution in [2.45, 2.75) is 24.8 Å². The molecule has 1 aromatic carbocycles. The molecule has 1 rings (SSSR count). The number of hydrogen-bond donors (Lipinski definition) is 3. The molecule has 0 aliphatic heterocycles. The van der Waals surface area contributed by atoms with Crippen LogP contribution in [0.1, 0.15) is 13.8 Å². The molecule has 0 fully saturated rings. The van der Waals surface area contributed by atoms with Gasteiger partial charge in [-0.1, -0.05) is 13.8 Å². The zero-order valence-corrected chi connectivity index (χ0v) is 13.9. The van der Waals surface area contributed by atoms with E-state index in [0.29, 0.717) is 5.69 Å². The number of nitrogens with zero attached hydrogens (tertiary/aromatic N) is 2. The number of nitrogens with one attached hydrogen (secondary N) is 2. The van der Waals surface area contributed by atoms with Crippen molar-refractivity contribution in [2.24, 2.45) is 5.92 Å². The van der Waals surface area contributed by atoms with E-state index in [4.69, 9.17) is 15.6 Å². The number of carboxylic acid groups (broad SMARTS) is 1. The van der Waals surface area contributed by atoms with Crippen LogP contribution in [0.25, 0.3) is 0 Å². The van der Waals surface area contributed by atoms with Crippen molar-refractivity contribution in [1.29, 1.82) is 10.5 Å². The van der Waals surface area contributed by atoms with E-state index < -0.39 is 17.9 Å². The van der Waals surface area contributed by atoms with E-state index in [2.05, 4.69) is 10.6 Å². The Labute approximate surface area is 144 Å². The Hall–Kier alpha value is -2.97. The first-order valence-electron chi connectivity index (χ1n) is 6.95. The predicted octanol–water partition coefficient (Wildman–Crippen LogP) is 2.30. The monoisotopic (exact) mass is 344 g/mol. The van der Waals surface area contributed by atoms with E-state index in [-0.39, 0.29) is 11.5 Å². The predicted molar refractivity (Wildman–Crippen MR) is 89.6 cm³/mol. The van der Waals surface area contributed by atoms with E-state index in [0.717, 1.165) is 16.7 Å². The number of aliphatic carboxylic acids is 1. The molecule has 1 unspecified atom stereocenters. The normalized spacial score (nSPS) is 12.0. The number of benzene rings is 1. The molecule has 0 spiro atoms. The second-order valence-electron chi connectivity index (χ2n) is 5.07. The smallest absolute Gasteiger partial charge is 0.326 e. The lowest BCUT2D eigenvalue weighted by molar-refractivity contribution is -0.142. The van der Waals surface area contributed by atoms with Gasteiger partial charge < -0.3 is 15.7 Å². The Balaban J connectivity index is 2.79. The van der Waals surface area contributed by atoms with Gasteiger partial charge in [0.05, 0.1) is 0 Å². The molecular formula is C16H16N4O3S. The fraction of sp³-hybridized carbons (Fsp3) is 0.250. The zero-order valence-electron chi connectivity index (χ0n) is 13.1. The number of carboxylic acids is 1. The molecule has 1 atom stereocenters. The molecule has 0 aliphatic rings. The van der Waals surface area contributed by atoms with E-state index >= 15 is 0 Å². The van der Waals surface area contributed by atoms with E-state index in [1.165, 1.54) is 6.20 Å². The molecule has 1 aromatic rings. The van der Waals surface area contributed by atoms with Gasteiger partial charge in [-0.2, -0.15) is 10.5 Å². The van der Waals surface area contributed by atoms with Crippen LogP contribution in [0.15, 0.2) is 40.9 Å². The van der Waals surface area contributed by atoms with Gasteiger partial charge in [0.2, 0.25) is 0 Å². The van der Waals surface area contributed by atoms with E-state index in [9.17, 15) is 9.59 Å². The lowest BCUT2D eigenvalue weighted by Crippen LogP contribution is -2.44. The Bertz CT molecular complexity index is 714. The first kappa shape index (κ1) is 19.1. The molecule has 124 valence electrons. The second-order valence-corrected chi connectivity index (χ2v) is 5.92. The number of carbonyl (C=O) groups excluding carboxylic acids is 1. The van der Waals surface area contributed by atoms with Crippen LogP contribution in [0.5, 0.6) is 0 Å². The van der Waals surface area contributed by atoms with Gasteiger partial charge in [0.25, 0.3) is 5.91 Å². The Morgan fingerprint density at radius 3 is 2.33 bits per heavy atom. The summed E-state index contributed by atoms with van der Waals surface area (Å²) in [6.45, 7) is 3.32. The van der Waals surface area contributed by atoms with Crippen molar-refractivity contribution in [3.8, 4) is 11.5 Å². The second kappa shape index (κ2) is 9.23. The SMILES string of the molecule is CC(C)C(NC(=O)/C(C#N)=C\Nc1ccc(SC#N)cc1)C(=O)O. The quantitative estimate of drug-likeness (QED) is 0.300. The van der Waals surface area contributed by atoms with Crippen LogP contribution in [0, 0.1) is 27.9 Å². The van der Waals surface area contributed by atoms with Gasteiger partial charge in [-0.15, -0.1) is 0 Å². The van der Waals surface area contributed by atoms with Gasteiger partial charge >= 0.3 is 5.97 Å². The molecule has 0 aliphatic carbocycles. The van der Waals surface area contributed by atoms with Crippen LogP contribution in [0.2, 0.25) is 0 Å². The highest BCUT2D eigenvalue weighted by Gasteiger charge is 2.24. The average Bonchev–Trinajstić information content (AvgIpc) is 2.54. The van der Waals surface area contributed by atoms with Gasteiger partial charge in [-0.3, -0.25) is 4.79 Å². The summed E-state index contributed by atoms with van der Waals surface area (Å²) < 4.78 is 0. The summed E-state index contributed by atoms with van der Waals surface area (Å²) in [5, 5.41) is 33.8. The molecule has 0 bridgehead atoms. The van der Waals surface area contributed by atoms with E-state index in [1.54, 1.807) is 44.2 Å². The van der Waals surface area contributed by atoms with Crippen LogP contribution in [0.3, 0.4) is 0 Å². The molecule has 0 aromatic heterocycles. The molecule has 1 amide bonds. The van der Waals surface area contributed by atoms with Gasteiger partial charge in [-0.05, 0) is 41.9 Å². The Kier molecular flexibility index (Phi) is 7.34. The largest absolute Gasteiger partial charge is 0.480 e. The summed E-state index contributed by atoms with van der Waals surface area (Å²) in [6.07, 6.45) is 1.21. The first-order chi connectivity index (χ1) is 11.4. The maximum absolute atomic E-state index is 12.0. The van der Waals surface area contributed by atoms with Crippen LogP contribution < -0.4 is 10.6 Å². The molecule has 24 heavy (non-hydrogen) atoms. The highest BCUT2D eigenvalue weighted by molar-refractivity contribution is 8.03. The summed E-state index contributed by atoms with van der Waals surface area (Å²) in [4.78, 5) is 23.9. The summed E-state index contributed by atoms with van der Waals surface area (Å²) >= 11 is 1.02. The standard InChI is InChI=1S/C16H16N4O3S/c1-10(2)14(16(22)23)20-15(21)11(7-17)8-19-12-3-5-13(6-4-12)24-9-18/h3-6,8,10,14,19H,1-2H3,(H,20,21)(H,22,23)/b11-8-. The number of thiocyanates is 1. The van der Waals surface area contributed by atoms with Crippen molar-refractivity contribution in [3.05, 3.63) is 36.0 Å². The number of nitriles is 2. The third-order valence-electron chi connectivity index (χ3n) is 2.99. The highest BCUT2D eigenvalue weighted by Crippen LogP contribution is 2.19. The fourth-order valence-corrected chi connectivity index (χ4v) is 2.09. The van der Waals surface area contributed by atoms with Crippen molar-refractivity contribution in [2.75, 3.05) is 5.32 Å². The maximum Gasteiger partial charge on any atom is 0.326 e. The van der Waals surface area contributed by atoms with Crippen LogP contribution in [-0.2, 0) is 9.59 Å². The fourth-order valence-electron chi connectivity index (χ4n) is 1.71. The minimum absolute atomic E-state index is 0.239. The number of amides is 1. The third-order valence-corrected chi connectivity index (χ3v) is 3.58. The molecular weight excluding hydrogens is 328 g/mol. The zero-order chi connectivity index (χ0) is 18.1. The maximum atomic E-state index is 12.0. The Morgan fingerprint density at radius 1 is 1.25 bits per heavy atom. The lowest BCUT2D eigenvalue weighted by Gasteiger charge is -2.17. The van der Waals surface area contributed by atoms with Gasteiger partial charge in [0, 0.05) is 16.8 Å². The number of thioether (sulfide) groups is 1. The molecule has 0 saturated carbocycles. The van der Waals surface area contributed by atoms with Crippen LogP contribution in [-0.4, -0.2) is 23.0 Å². The lowest BCUT2D eigenvalue weighted by atomic mass is 10.0. The van der Waals surface area contributed by atoms with E-state index in [1.807, 2.05) is 5.40 Å². The van der Waals surface area contributed by atoms with Crippen LogP contribution >= 0.6 is 11.8 Å². The van der Waals surface area contributed by atoms with Crippen molar-refractivity contribution in [1.82, 2.24) is 5.32 Å². The van der Waals surface area contributed by atoms with Gasteiger partial charge in [-0.25, -0.2) is 4.79 Å².